The van der Waals surface area contributed by atoms with Gasteiger partial charge in [-0.15, -0.1) is 0 Å². The molecular formula is C18H17BrN2O. The molecule has 0 saturated carbocycles. The van der Waals surface area contributed by atoms with Crippen LogP contribution in [0.15, 0.2) is 57.8 Å². The monoisotopic (exact) mass is 356 g/mol. The van der Waals surface area contributed by atoms with Crippen molar-refractivity contribution in [2.24, 2.45) is 0 Å². The second kappa shape index (κ2) is 6.05. The van der Waals surface area contributed by atoms with Gasteiger partial charge in [-0.2, -0.15) is 0 Å². The molecule has 0 amide bonds. The van der Waals surface area contributed by atoms with Crippen LogP contribution >= 0.6 is 15.9 Å². The number of hydrogen-bond donors (Lipinski definition) is 0. The van der Waals surface area contributed by atoms with Crippen LogP contribution in [0.1, 0.15) is 32.0 Å². The topological polar surface area (TPSA) is 34.9 Å². The highest BCUT2D eigenvalue weighted by atomic mass is 79.9. The number of hydrogen-bond acceptors (Lipinski definition) is 2. The normalized spacial score (nSPS) is 12.5. The second-order valence-electron chi connectivity index (χ2n) is 5.39. The van der Waals surface area contributed by atoms with Gasteiger partial charge in [-0.05, 0) is 46.6 Å². The molecule has 0 aliphatic rings. The molecule has 1 aromatic heterocycles. The first-order valence-electron chi connectivity index (χ1n) is 7.40. The summed E-state index contributed by atoms with van der Waals surface area (Å²) in [6, 6.07) is 15.3. The Morgan fingerprint density at radius 1 is 1.14 bits per heavy atom. The summed E-state index contributed by atoms with van der Waals surface area (Å²) < 4.78 is 2.62. The van der Waals surface area contributed by atoms with Crippen molar-refractivity contribution in [3.8, 4) is 5.69 Å². The Bertz CT molecular complexity index is 886. The molecule has 0 radical (unpaired) electrons. The maximum Gasteiger partial charge on any atom is 0.266 e. The molecule has 3 aromatic rings. The van der Waals surface area contributed by atoms with Gasteiger partial charge in [-0.25, -0.2) is 4.98 Å². The van der Waals surface area contributed by atoms with Crippen molar-refractivity contribution in [1.29, 1.82) is 0 Å². The number of benzene rings is 2. The van der Waals surface area contributed by atoms with E-state index >= 15 is 0 Å². The third-order valence-corrected chi connectivity index (χ3v) is 4.62. The zero-order chi connectivity index (χ0) is 15.7. The van der Waals surface area contributed by atoms with Gasteiger partial charge in [0.15, 0.2) is 0 Å². The summed E-state index contributed by atoms with van der Waals surface area (Å²) in [7, 11) is 0. The highest BCUT2D eigenvalue weighted by Crippen LogP contribution is 2.25. The number of aromatic nitrogens is 2. The van der Waals surface area contributed by atoms with Crippen molar-refractivity contribution >= 4 is 26.8 Å². The van der Waals surface area contributed by atoms with E-state index in [1.807, 2.05) is 48.5 Å². The van der Waals surface area contributed by atoms with E-state index in [9.17, 15) is 4.79 Å². The third-order valence-electron chi connectivity index (χ3n) is 3.95. The Kier molecular flexibility index (Phi) is 4.12. The summed E-state index contributed by atoms with van der Waals surface area (Å²) in [4.78, 5) is 17.8. The zero-order valence-corrected chi connectivity index (χ0v) is 14.2. The molecule has 0 N–H and O–H groups in total. The van der Waals surface area contributed by atoms with Crippen LogP contribution in [0.5, 0.6) is 0 Å². The standard InChI is InChI=1S/C18H17BrN2O/c1-3-12(2)17-20-15-10-6-4-8-13(15)18(22)21(17)16-11-7-5-9-14(16)19/h4-12H,3H2,1-2H3/t12-/m0/s1. The van der Waals surface area contributed by atoms with Crippen molar-refractivity contribution in [1.82, 2.24) is 9.55 Å². The third kappa shape index (κ3) is 2.48. The van der Waals surface area contributed by atoms with Gasteiger partial charge in [0.25, 0.3) is 5.56 Å². The molecule has 2 aromatic carbocycles. The van der Waals surface area contributed by atoms with E-state index in [2.05, 4.69) is 29.8 Å². The first-order chi connectivity index (χ1) is 10.6. The highest BCUT2D eigenvalue weighted by molar-refractivity contribution is 9.10. The van der Waals surface area contributed by atoms with Crippen molar-refractivity contribution in [2.75, 3.05) is 0 Å². The average molecular weight is 357 g/mol. The van der Waals surface area contributed by atoms with E-state index in [4.69, 9.17) is 4.98 Å². The van der Waals surface area contributed by atoms with E-state index in [-0.39, 0.29) is 11.5 Å². The quantitative estimate of drug-likeness (QED) is 0.683. The van der Waals surface area contributed by atoms with Crippen LogP contribution in [0.25, 0.3) is 16.6 Å². The molecule has 4 heteroatoms. The lowest BCUT2D eigenvalue weighted by atomic mass is 10.1. The lowest BCUT2D eigenvalue weighted by Crippen LogP contribution is -2.25. The largest absolute Gasteiger partial charge is 0.268 e. The van der Waals surface area contributed by atoms with E-state index in [1.165, 1.54) is 0 Å². The fourth-order valence-electron chi connectivity index (χ4n) is 2.53. The molecule has 1 heterocycles. The molecule has 0 aliphatic heterocycles. The van der Waals surface area contributed by atoms with Crippen molar-refractivity contribution in [2.45, 2.75) is 26.2 Å². The Hall–Kier alpha value is -1.94. The Labute approximate surface area is 137 Å². The summed E-state index contributed by atoms with van der Waals surface area (Å²) in [6.07, 6.45) is 0.926. The Morgan fingerprint density at radius 3 is 2.55 bits per heavy atom. The molecule has 0 spiro atoms. The first kappa shape index (κ1) is 15.0. The predicted molar refractivity (Wildman–Crippen MR) is 93.7 cm³/mol. The fraction of sp³-hybridized carbons (Fsp3) is 0.222. The number of nitrogens with zero attached hydrogens (tertiary/aromatic N) is 2. The minimum absolute atomic E-state index is 0.0206. The van der Waals surface area contributed by atoms with Crippen molar-refractivity contribution < 1.29 is 0 Å². The minimum atomic E-state index is -0.0206. The maximum absolute atomic E-state index is 13.0. The van der Waals surface area contributed by atoms with Gasteiger partial charge >= 0.3 is 0 Å². The van der Waals surface area contributed by atoms with Gasteiger partial charge < -0.3 is 0 Å². The van der Waals surface area contributed by atoms with Gasteiger partial charge in [0.05, 0.1) is 16.6 Å². The summed E-state index contributed by atoms with van der Waals surface area (Å²) >= 11 is 3.55. The van der Waals surface area contributed by atoms with Gasteiger partial charge in [0.1, 0.15) is 5.82 Å². The molecule has 22 heavy (non-hydrogen) atoms. The number of para-hydroxylation sites is 2. The van der Waals surface area contributed by atoms with Crippen LogP contribution in [0.2, 0.25) is 0 Å². The maximum atomic E-state index is 13.0. The summed E-state index contributed by atoms with van der Waals surface area (Å²) in [5.41, 5.74) is 1.57. The van der Waals surface area contributed by atoms with Crippen LogP contribution in [-0.4, -0.2) is 9.55 Å². The lowest BCUT2D eigenvalue weighted by Gasteiger charge is -2.18. The molecule has 0 fully saturated rings. The zero-order valence-electron chi connectivity index (χ0n) is 12.6. The number of halogens is 1. The molecule has 0 saturated heterocycles. The van der Waals surface area contributed by atoms with E-state index in [0.717, 1.165) is 27.9 Å². The number of rotatable bonds is 3. The summed E-state index contributed by atoms with van der Waals surface area (Å²) in [5.74, 6) is 1.00. The van der Waals surface area contributed by atoms with Crippen LogP contribution in [0.4, 0.5) is 0 Å². The molecule has 3 rings (SSSR count). The molecule has 112 valence electrons. The lowest BCUT2D eigenvalue weighted by molar-refractivity contribution is 0.648. The second-order valence-corrected chi connectivity index (χ2v) is 6.24. The fourth-order valence-corrected chi connectivity index (χ4v) is 2.99. The predicted octanol–water partition coefficient (Wildman–Crippen LogP) is 4.66. The van der Waals surface area contributed by atoms with Crippen LogP contribution < -0.4 is 5.56 Å². The summed E-state index contributed by atoms with van der Waals surface area (Å²) in [6.45, 7) is 4.21. The molecule has 0 unspecified atom stereocenters. The minimum Gasteiger partial charge on any atom is -0.268 e. The van der Waals surface area contributed by atoms with Gasteiger partial charge in [-0.3, -0.25) is 9.36 Å². The SMILES string of the molecule is CC[C@H](C)c1nc2ccccc2c(=O)n1-c1ccccc1Br. The molecular weight excluding hydrogens is 340 g/mol. The van der Waals surface area contributed by atoms with E-state index < -0.39 is 0 Å². The molecule has 0 bridgehead atoms. The molecule has 3 nitrogen and oxygen atoms in total. The average Bonchev–Trinajstić information content (AvgIpc) is 2.55. The van der Waals surface area contributed by atoms with Crippen molar-refractivity contribution in [3.05, 3.63) is 69.2 Å². The van der Waals surface area contributed by atoms with E-state index in [1.54, 1.807) is 4.57 Å². The van der Waals surface area contributed by atoms with Gasteiger partial charge in [0, 0.05) is 10.4 Å². The first-order valence-corrected chi connectivity index (χ1v) is 8.19. The van der Waals surface area contributed by atoms with E-state index in [0.29, 0.717) is 5.39 Å². The molecule has 1 atom stereocenters. The summed E-state index contributed by atoms with van der Waals surface area (Å²) in [5, 5.41) is 0.644. The smallest absolute Gasteiger partial charge is 0.266 e. The van der Waals surface area contributed by atoms with Crippen molar-refractivity contribution in [3.63, 3.8) is 0 Å². The van der Waals surface area contributed by atoms with Gasteiger partial charge in [0.2, 0.25) is 0 Å². The van der Waals surface area contributed by atoms with Crippen LogP contribution in [0, 0.1) is 0 Å². The van der Waals surface area contributed by atoms with Gasteiger partial charge in [-0.1, -0.05) is 38.1 Å². The Balaban J connectivity index is 2.43. The highest BCUT2D eigenvalue weighted by Gasteiger charge is 2.17. The Morgan fingerprint density at radius 2 is 1.82 bits per heavy atom. The molecule has 0 aliphatic carbocycles. The number of fused-ring (bicyclic) bond motifs is 1. The van der Waals surface area contributed by atoms with Crippen LogP contribution in [0.3, 0.4) is 0 Å². The van der Waals surface area contributed by atoms with Crippen LogP contribution in [-0.2, 0) is 0 Å².